The van der Waals surface area contributed by atoms with Crippen LogP contribution in [-0.2, 0) is 5.41 Å². The van der Waals surface area contributed by atoms with Crippen LogP contribution >= 0.6 is 0 Å². The SMILES string of the molecule is NCCCC1(CCCN)c2cc(-c3ccccc3)ccc2-c2ccc(-c3ccccc3)cc21. The maximum absolute atomic E-state index is 6.05. The molecule has 0 atom stereocenters. The van der Waals surface area contributed by atoms with Gasteiger partial charge in [0.2, 0.25) is 0 Å². The average molecular weight is 433 g/mol. The molecule has 0 spiro atoms. The Morgan fingerprint density at radius 3 is 1.30 bits per heavy atom. The van der Waals surface area contributed by atoms with Gasteiger partial charge in [0.15, 0.2) is 0 Å². The third-order valence-electron chi connectivity index (χ3n) is 7.19. The summed E-state index contributed by atoms with van der Waals surface area (Å²) in [5.41, 5.74) is 22.7. The highest BCUT2D eigenvalue weighted by atomic mass is 14.6. The molecular weight excluding hydrogens is 400 g/mol. The zero-order valence-electron chi connectivity index (χ0n) is 19.1. The fourth-order valence-corrected chi connectivity index (χ4v) is 5.59. The molecule has 0 amide bonds. The van der Waals surface area contributed by atoms with E-state index in [0.717, 1.165) is 25.7 Å². The third-order valence-corrected chi connectivity index (χ3v) is 7.19. The van der Waals surface area contributed by atoms with Crippen LogP contribution < -0.4 is 11.5 Å². The number of rotatable bonds is 8. The largest absolute Gasteiger partial charge is 0.330 e. The predicted molar refractivity (Wildman–Crippen MR) is 140 cm³/mol. The first kappa shape index (κ1) is 21.6. The number of benzene rings is 4. The smallest absolute Gasteiger partial charge is 0.0216 e. The number of hydrogen-bond donors (Lipinski definition) is 2. The van der Waals surface area contributed by atoms with E-state index in [1.54, 1.807) is 0 Å². The molecule has 0 saturated heterocycles. The first-order valence-corrected chi connectivity index (χ1v) is 12.1. The molecule has 0 saturated carbocycles. The topological polar surface area (TPSA) is 52.0 Å². The second kappa shape index (κ2) is 9.35. The van der Waals surface area contributed by atoms with Crippen LogP contribution in [-0.4, -0.2) is 13.1 Å². The molecule has 4 aromatic carbocycles. The van der Waals surface area contributed by atoms with E-state index < -0.39 is 0 Å². The molecule has 2 nitrogen and oxygen atoms in total. The second-order valence-electron chi connectivity index (χ2n) is 9.12. The lowest BCUT2D eigenvalue weighted by Gasteiger charge is -2.33. The zero-order valence-corrected chi connectivity index (χ0v) is 19.1. The van der Waals surface area contributed by atoms with Gasteiger partial charge in [-0.15, -0.1) is 0 Å². The summed E-state index contributed by atoms with van der Waals surface area (Å²) in [4.78, 5) is 0. The van der Waals surface area contributed by atoms with E-state index >= 15 is 0 Å². The van der Waals surface area contributed by atoms with Crippen LogP contribution in [0.15, 0.2) is 97.1 Å². The summed E-state index contributed by atoms with van der Waals surface area (Å²) in [7, 11) is 0. The van der Waals surface area contributed by atoms with Gasteiger partial charge in [0.25, 0.3) is 0 Å². The van der Waals surface area contributed by atoms with Gasteiger partial charge in [-0.25, -0.2) is 0 Å². The number of nitrogens with two attached hydrogens (primary N) is 2. The first-order chi connectivity index (χ1) is 16.3. The molecule has 0 fully saturated rings. The average Bonchev–Trinajstić information content (AvgIpc) is 3.16. The van der Waals surface area contributed by atoms with E-state index in [2.05, 4.69) is 97.1 Å². The van der Waals surface area contributed by atoms with E-state index in [4.69, 9.17) is 11.5 Å². The number of fused-ring (bicyclic) bond motifs is 3. The molecule has 2 heteroatoms. The summed E-state index contributed by atoms with van der Waals surface area (Å²) in [6, 6.07) is 35.4. The molecule has 1 aliphatic rings. The highest BCUT2D eigenvalue weighted by molar-refractivity contribution is 5.86. The van der Waals surface area contributed by atoms with Gasteiger partial charge in [0.05, 0.1) is 0 Å². The Morgan fingerprint density at radius 2 is 0.909 bits per heavy atom. The highest BCUT2D eigenvalue weighted by Crippen LogP contribution is 2.55. The lowest BCUT2D eigenvalue weighted by atomic mass is 9.70. The van der Waals surface area contributed by atoms with Gasteiger partial charge in [0, 0.05) is 5.41 Å². The quantitative estimate of drug-likeness (QED) is 0.323. The van der Waals surface area contributed by atoms with Crippen molar-refractivity contribution in [2.75, 3.05) is 13.1 Å². The minimum absolute atomic E-state index is 0.0566. The van der Waals surface area contributed by atoms with Crippen molar-refractivity contribution in [2.45, 2.75) is 31.1 Å². The maximum Gasteiger partial charge on any atom is 0.0216 e. The fourth-order valence-electron chi connectivity index (χ4n) is 5.59. The predicted octanol–water partition coefficient (Wildman–Crippen LogP) is 6.76. The molecule has 0 aromatic heterocycles. The Labute approximate surface area is 197 Å². The Morgan fingerprint density at radius 1 is 0.485 bits per heavy atom. The van der Waals surface area contributed by atoms with E-state index in [0.29, 0.717) is 13.1 Å². The van der Waals surface area contributed by atoms with Crippen LogP contribution in [0, 0.1) is 0 Å². The van der Waals surface area contributed by atoms with Crippen LogP contribution in [0.5, 0.6) is 0 Å². The van der Waals surface area contributed by atoms with E-state index in [9.17, 15) is 0 Å². The molecule has 0 bridgehead atoms. The summed E-state index contributed by atoms with van der Waals surface area (Å²) in [6.45, 7) is 1.40. The van der Waals surface area contributed by atoms with Crippen molar-refractivity contribution in [1.29, 1.82) is 0 Å². The van der Waals surface area contributed by atoms with Gasteiger partial charge in [-0.3, -0.25) is 0 Å². The van der Waals surface area contributed by atoms with Crippen molar-refractivity contribution < 1.29 is 0 Å². The maximum atomic E-state index is 6.05. The Kier molecular flexibility index (Phi) is 6.13. The van der Waals surface area contributed by atoms with Crippen LogP contribution in [0.1, 0.15) is 36.8 Å². The molecule has 4 N–H and O–H groups in total. The van der Waals surface area contributed by atoms with Gasteiger partial charge in [-0.1, -0.05) is 84.9 Å². The highest BCUT2D eigenvalue weighted by Gasteiger charge is 2.42. The molecule has 5 rings (SSSR count). The van der Waals surface area contributed by atoms with Gasteiger partial charge in [-0.2, -0.15) is 0 Å². The second-order valence-corrected chi connectivity index (χ2v) is 9.12. The summed E-state index contributed by atoms with van der Waals surface area (Å²) >= 11 is 0. The van der Waals surface area contributed by atoms with Crippen molar-refractivity contribution >= 4 is 0 Å². The summed E-state index contributed by atoms with van der Waals surface area (Å²) in [5, 5.41) is 0. The standard InChI is InChI=1S/C31H32N2/c32-19-7-17-31(18-8-20-33)29-21-25(23-9-3-1-4-10-23)13-15-27(29)28-16-14-26(22-30(28)31)24-11-5-2-6-12-24/h1-6,9-16,21-22H,7-8,17-20,32-33H2. The molecule has 0 unspecified atom stereocenters. The van der Waals surface area contributed by atoms with Gasteiger partial charge < -0.3 is 11.5 Å². The summed E-state index contributed by atoms with van der Waals surface area (Å²) in [6.07, 6.45) is 4.07. The number of hydrogen-bond acceptors (Lipinski definition) is 2. The molecule has 0 aliphatic heterocycles. The minimum atomic E-state index is -0.0566. The van der Waals surface area contributed by atoms with Gasteiger partial charge in [0.1, 0.15) is 0 Å². The Bertz CT molecular complexity index is 1130. The van der Waals surface area contributed by atoms with Crippen molar-refractivity contribution in [3.63, 3.8) is 0 Å². The molecule has 0 radical (unpaired) electrons. The van der Waals surface area contributed by atoms with Crippen molar-refractivity contribution in [2.24, 2.45) is 11.5 Å². The van der Waals surface area contributed by atoms with Crippen LogP contribution in [0.4, 0.5) is 0 Å². The molecule has 1 aliphatic carbocycles. The fraction of sp³-hybridized carbons (Fsp3) is 0.226. The normalized spacial score (nSPS) is 13.5. The van der Waals surface area contributed by atoms with Crippen LogP contribution in [0.25, 0.3) is 33.4 Å². The van der Waals surface area contributed by atoms with Crippen molar-refractivity contribution in [3.05, 3.63) is 108 Å². The summed E-state index contributed by atoms with van der Waals surface area (Å²) < 4.78 is 0. The van der Waals surface area contributed by atoms with Gasteiger partial charge in [-0.05, 0) is 95.4 Å². The lowest BCUT2D eigenvalue weighted by molar-refractivity contribution is 0.424. The van der Waals surface area contributed by atoms with E-state index in [1.807, 2.05) is 0 Å². The summed E-state index contributed by atoms with van der Waals surface area (Å²) in [5.74, 6) is 0. The minimum Gasteiger partial charge on any atom is -0.330 e. The zero-order chi connectivity index (χ0) is 22.7. The Hall–Kier alpha value is -3.20. The monoisotopic (exact) mass is 432 g/mol. The molecule has 4 aromatic rings. The molecule has 0 heterocycles. The lowest BCUT2D eigenvalue weighted by Crippen LogP contribution is -2.27. The van der Waals surface area contributed by atoms with Gasteiger partial charge >= 0.3 is 0 Å². The van der Waals surface area contributed by atoms with Crippen molar-refractivity contribution in [1.82, 2.24) is 0 Å². The molecule has 33 heavy (non-hydrogen) atoms. The molecule has 166 valence electrons. The van der Waals surface area contributed by atoms with Crippen molar-refractivity contribution in [3.8, 4) is 33.4 Å². The first-order valence-electron chi connectivity index (χ1n) is 12.1. The van der Waals surface area contributed by atoms with Crippen LogP contribution in [0.2, 0.25) is 0 Å². The van der Waals surface area contributed by atoms with E-state index in [1.165, 1.54) is 44.5 Å². The van der Waals surface area contributed by atoms with E-state index in [-0.39, 0.29) is 5.41 Å². The molecular formula is C31H32N2. The Balaban J connectivity index is 1.71. The third kappa shape index (κ3) is 3.90. The van der Waals surface area contributed by atoms with Crippen LogP contribution in [0.3, 0.4) is 0 Å².